The first-order valence-electron chi connectivity index (χ1n) is 6.94. The molecule has 0 saturated heterocycles. The topological polar surface area (TPSA) is 56.5 Å². The molecule has 6 heteroatoms. The van der Waals surface area contributed by atoms with Gasteiger partial charge in [-0.1, -0.05) is 24.8 Å². The Morgan fingerprint density at radius 2 is 2.19 bits per heavy atom. The SMILES string of the molecule is CCNC(CSc1nc(C)co1)c1ccc2c(c1)OCO2. The number of rotatable bonds is 6. The first-order chi connectivity index (χ1) is 10.3. The van der Waals surface area contributed by atoms with Crippen LogP contribution in [0.5, 0.6) is 11.5 Å². The van der Waals surface area contributed by atoms with Crippen LogP contribution in [0, 0.1) is 6.92 Å². The van der Waals surface area contributed by atoms with Gasteiger partial charge in [-0.25, -0.2) is 4.98 Å². The first-order valence-corrected chi connectivity index (χ1v) is 7.92. The van der Waals surface area contributed by atoms with Crippen molar-refractivity contribution in [1.29, 1.82) is 0 Å². The van der Waals surface area contributed by atoms with Crippen LogP contribution < -0.4 is 14.8 Å². The minimum Gasteiger partial charge on any atom is -0.454 e. The van der Waals surface area contributed by atoms with Gasteiger partial charge < -0.3 is 19.2 Å². The van der Waals surface area contributed by atoms with Gasteiger partial charge in [-0.05, 0) is 31.2 Å². The van der Waals surface area contributed by atoms with Crippen LogP contribution in [0.3, 0.4) is 0 Å². The molecule has 2 heterocycles. The quantitative estimate of drug-likeness (QED) is 0.827. The lowest BCUT2D eigenvalue weighted by atomic mass is 10.1. The Balaban J connectivity index is 1.71. The highest BCUT2D eigenvalue weighted by Crippen LogP contribution is 2.35. The zero-order valence-corrected chi connectivity index (χ0v) is 12.9. The van der Waals surface area contributed by atoms with Gasteiger partial charge in [-0.15, -0.1) is 0 Å². The molecular weight excluding hydrogens is 288 g/mol. The molecule has 5 nitrogen and oxygen atoms in total. The van der Waals surface area contributed by atoms with Crippen LogP contribution in [0.15, 0.2) is 34.1 Å². The number of hydrogen-bond acceptors (Lipinski definition) is 6. The lowest BCUT2D eigenvalue weighted by Crippen LogP contribution is -2.22. The molecule has 1 atom stereocenters. The molecule has 21 heavy (non-hydrogen) atoms. The van der Waals surface area contributed by atoms with Gasteiger partial charge in [0.05, 0.1) is 5.69 Å². The van der Waals surface area contributed by atoms with Gasteiger partial charge in [0.15, 0.2) is 11.5 Å². The summed E-state index contributed by atoms with van der Waals surface area (Å²) in [6, 6.07) is 6.28. The third kappa shape index (κ3) is 3.33. The summed E-state index contributed by atoms with van der Waals surface area (Å²) in [5, 5.41) is 4.19. The van der Waals surface area contributed by atoms with Gasteiger partial charge in [0.2, 0.25) is 6.79 Å². The van der Waals surface area contributed by atoms with Gasteiger partial charge in [0.25, 0.3) is 5.22 Å². The molecule has 1 N–H and O–H groups in total. The van der Waals surface area contributed by atoms with Crippen LogP contribution in [-0.2, 0) is 0 Å². The number of oxazole rings is 1. The van der Waals surface area contributed by atoms with Crippen LogP contribution in [0.25, 0.3) is 0 Å². The van der Waals surface area contributed by atoms with Crippen molar-refractivity contribution >= 4 is 11.8 Å². The van der Waals surface area contributed by atoms with Crippen LogP contribution in [0.4, 0.5) is 0 Å². The van der Waals surface area contributed by atoms with E-state index in [1.165, 1.54) is 5.56 Å². The van der Waals surface area contributed by atoms with E-state index in [0.717, 1.165) is 29.5 Å². The van der Waals surface area contributed by atoms with Gasteiger partial charge in [-0.2, -0.15) is 0 Å². The molecule has 1 aliphatic heterocycles. The monoisotopic (exact) mass is 306 g/mol. The highest BCUT2D eigenvalue weighted by Gasteiger charge is 2.18. The number of aryl methyl sites for hydroxylation is 1. The lowest BCUT2D eigenvalue weighted by molar-refractivity contribution is 0.174. The minimum absolute atomic E-state index is 0.210. The number of nitrogens with zero attached hydrogens (tertiary/aromatic N) is 1. The normalized spacial score (nSPS) is 14.4. The molecule has 0 spiro atoms. The van der Waals surface area contributed by atoms with E-state index in [0.29, 0.717) is 12.0 Å². The van der Waals surface area contributed by atoms with E-state index in [1.54, 1.807) is 18.0 Å². The van der Waals surface area contributed by atoms with Gasteiger partial charge >= 0.3 is 0 Å². The van der Waals surface area contributed by atoms with Crippen molar-refractivity contribution in [1.82, 2.24) is 10.3 Å². The third-order valence-corrected chi connectivity index (χ3v) is 4.16. The number of thioether (sulfide) groups is 1. The Morgan fingerprint density at radius 3 is 2.95 bits per heavy atom. The number of fused-ring (bicyclic) bond motifs is 1. The molecule has 112 valence electrons. The molecule has 1 aliphatic rings. The van der Waals surface area contributed by atoms with Crippen molar-refractivity contribution in [3.63, 3.8) is 0 Å². The Morgan fingerprint density at radius 1 is 1.33 bits per heavy atom. The number of hydrogen-bond donors (Lipinski definition) is 1. The molecule has 1 unspecified atom stereocenters. The molecule has 2 aromatic rings. The van der Waals surface area contributed by atoms with Crippen molar-refractivity contribution in [3.05, 3.63) is 35.7 Å². The standard InChI is InChI=1S/C15H18N2O3S/c1-3-16-12(8-21-15-17-10(2)7-18-15)11-4-5-13-14(6-11)20-9-19-13/h4-7,12,16H,3,8-9H2,1-2H3. The maximum absolute atomic E-state index is 5.45. The Kier molecular flexibility index (Phi) is 4.36. The molecule has 0 fully saturated rings. The maximum Gasteiger partial charge on any atom is 0.255 e. The molecule has 1 aromatic heterocycles. The smallest absolute Gasteiger partial charge is 0.255 e. The van der Waals surface area contributed by atoms with E-state index in [2.05, 4.69) is 23.3 Å². The summed E-state index contributed by atoms with van der Waals surface area (Å²) in [6.07, 6.45) is 1.67. The summed E-state index contributed by atoms with van der Waals surface area (Å²) in [7, 11) is 0. The Bertz CT molecular complexity index is 615. The second-order valence-corrected chi connectivity index (χ2v) is 5.76. The summed E-state index contributed by atoms with van der Waals surface area (Å²) < 4.78 is 16.2. The third-order valence-electron chi connectivity index (χ3n) is 3.22. The summed E-state index contributed by atoms with van der Waals surface area (Å²) in [5.41, 5.74) is 2.08. The van der Waals surface area contributed by atoms with Crippen LogP contribution in [0.2, 0.25) is 0 Å². The molecule has 0 aliphatic carbocycles. The average molecular weight is 306 g/mol. The average Bonchev–Trinajstić information content (AvgIpc) is 3.11. The van der Waals surface area contributed by atoms with E-state index >= 15 is 0 Å². The summed E-state index contributed by atoms with van der Waals surface area (Å²) in [6.45, 7) is 5.21. The predicted octanol–water partition coefficient (Wildman–Crippen LogP) is 3.15. The summed E-state index contributed by atoms with van der Waals surface area (Å²) in [5.74, 6) is 2.46. The van der Waals surface area contributed by atoms with Crippen LogP contribution in [0.1, 0.15) is 24.2 Å². The minimum atomic E-state index is 0.210. The van der Waals surface area contributed by atoms with Crippen molar-refractivity contribution in [2.75, 3.05) is 19.1 Å². The van der Waals surface area contributed by atoms with Gasteiger partial charge in [0, 0.05) is 11.8 Å². The maximum atomic E-state index is 5.45. The molecule has 3 rings (SSSR count). The van der Waals surface area contributed by atoms with E-state index < -0.39 is 0 Å². The fraction of sp³-hybridized carbons (Fsp3) is 0.400. The Hall–Kier alpha value is -1.66. The van der Waals surface area contributed by atoms with Gasteiger partial charge in [0.1, 0.15) is 6.26 Å². The molecule has 0 radical (unpaired) electrons. The molecule has 1 aromatic carbocycles. The number of nitrogens with one attached hydrogen (secondary N) is 1. The van der Waals surface area contributed by atoms with E-state index in [4.69, 9.17) is 13.9 Å². The number of ether oxygens (including phenoxy) is 2. The zero-order chi connectivity index (χ0) is 14.7. The first kappa shape index (κ1) is 14.3. The highest BCUT2D eigenvalue weighted by atomic mass is 32.2. The highest BCUT2D eigenvalue weighted by molar-refractivity contribution is 7.99. The summed E-state index contributed by atoms with van der Waals surface area (Å²) in [4.78, 5) is 4.32. The van der Waals surface area contributed by atoms with Gasteiger partial charge in [-0.3, -0.25) is 0 Å². The van der Waals surface area contributed by atoms with Crippen LogP contribution in [-0.4, -0.2) is 24.1 Å². The fourth-order valence-corrected chi connectivity index (χ4v) is 3.15. The van der Waals surface area contributed by atoms with Crippen molar-refractivity contribution in [2.24, 2.45) is 0 Å². The van der Waals surface area contributed by atoms with Crippen LogP contribution >= 0.6 is 11.8 Å². The van der Waals surface area contributed by atoms with Crippen molar-refractivity contribution in [2.45, 2.75) is 25.1 Å². The zero-order valence-electron chi connectivity index (χ0n) is 12.1. The van der Waals surface area contributed by atoms with Crippen molar-refractivity contribution < 1.29 is 13.9 Å². The lowest BCUT2D eigenvalue weighted by Gasteiger charge is -2.17. The second-order valence-electron chi connectivity index (χ2n) is 4.79. The Labute approximate surface area is 128 Å². The fourth-order valence-electron chi connectivity index (χ4n) is 2.20. The second kappa shape index (κ2) is 6.41. The molecule has 0 bridgehead atoms. The largest absolute Gasteiger partial charge is 0.454 e. The molecular formula is C15H18N2O3S. The van der Waals surface area contributed by atoms with E-state index in [9.17, 15) is 0 Å². The molecule has 0 amide bonds. The summed E-state index contributed by atoms with van der Waals surface area (Å²) >= 11 is 1.61. The van der Waals surface area contributed by atoms with E-state index in [-0.39, 0.29) is 6.04 Å². The van der Waals surface area contributed by atoms with Crippen molar-refractivity contribution in [3.8, 4) is 11.5 Å². The van der Waals surface area contributed by atoms with E-state index in [1.807, 2.05) is 19.1 Å². The number of benzene rings is 1. The molecule has 0 saturated carbocycles. The number of aromatic nitrogens is 1. The predicted molar refractivity (Wildman–Crippen MR) is 80.9 cm³/mol.